The lowest BCUT2D eigenvalue weighted by atomic mass is 10.2. The zero-order valence-corrected chi connectivity index (χ0v) is 12.3. The third kappa shape index (κ3) is 3.44. The number of hydrogen-bond acceptors (Lipinski definition) is 5. The Morgan fingerprint density at radius 1 is 0.818 bits per heavy atom. The predicted molar refractivity (Wildman–Crippen MR) is 92.0 cm³/mol. The lowest BCUT2D eigenvalue weighted by Gasteiger charge is -2.09. The van der Waals surface area contributed by atoms with Crippen molar-refractivity contribution >= 4 is 28.4 Å². The molecule has 2 aromatic carbocycles. The average molecular weight is 293 g/mol. The van der Waals surface area contributed by atoms with Crippen LogP contribution in [0.15, 0.2) is 54.6 Å². The van der Waals surface area contributed by atoms with E-state index < -0.39 is 0 Å². The maximum Gasteiger partial charge on any atom is 0.225 e. The van der Waals surface area contributed by atoms with E-state index in [1.54, 1.807) is 0 Å². The van der Waals surface area contributed by atoms with Gasteiger partial charge in [0.2, 0.25) is 5.95 Å². The van der Waals surface area contributed by atoms with Crippen LogP contribution in [0.25, 0.3) is 10.9 Å². The van der Waals surface area contributed by atoms with Crippen LogP contribution in [-0.2, 0) is 0 Å². The molecule has 0 bridgehead atoms. The molecular weight excluding hydrogens is 274 g/mol. The topological polar surface area (TPSA) is 75.9 Å². The molecule has 22 heavy (non-hydrogen) atoms. The summed E-state index contributed by atoms with van der Waals surface area (Å²) in [4.78, 5) is 8.76. The molecule has 1 heterocycles. The number of aromatic nitrogens is 2. The first kappa shape index (κ1) is 14.1. The van der Waals surface area contributed by atoms with Crippen molar-refractivity contribution in [2.24, 2.45) is 0 Å². The smallest absolute Gasteiger partial charge is 0.225 e. The highest BCUT2D eigenvalue weighted by Gasteiger charge is 2.03. The highest BCUT2D eigenvalue weighted by molar-refractivity contribution is 5.88. The molecule has 0 amide bonds. The Labute approximate surface area is 129 Å². The molecular formula is C17H19N5. The van der Waals surface area contributed by atoms with Gasteiger partial charge in [0.15, 0.2) is 0 Å². The van der Waals surface area contributed by atoms with Gasteiger partial charge in [-0.15, -0.1) is 0 Å². The van der Waals surface area contributed by atoms with E-state index in [-0.39, 0.29) is 0 Å². The van der Waals surface area contributed by atoms with Crippen molar-refractivity contribution in [2.75, 3.05) is 29.5 Å². The predicted octanol–water partition coefficient (Wildman–Crippen LogP) is 3.13. The second-order valence-electron chi connectivity index (χ2n) is 5.02. The number of nitrogens with zero attached hydrogens (tertiary/aromatic N) is 2. The Hall–Kier alpha value is -2.82. The zero-order chi connectivity index (χ0) is 15.2. The van der Waals surface area contributed by atoms with Gasteiger partial charge in [0.25, 0.3) is 0 Å². The van der Waals surface area contributed by atoms with Gasteiger partial charge in [0.05, 0.1) is 5.52 Å². The van der Waals surface area contributed by atoms with Gasteiger partial charge in [0.1, 0.15) is 5.82 Å². The fraction of sp³-hybridized carbons (Fsp3) is 0.176. The molecule has 0 aliphatic carbocycles. The van der Waals surface area contributed by atoms with Crippen molar-refractivity contribution in [1.82, 2.24) is 9.97 Å². The molecule has 5 heteroatoms. The highest BCUT2D eigenvalue weighted by Crippen LogP contribution is 2.18. The van der Waals surface area contributed by atoms with Gasteiger partial charge in [0, 0.05) is 24.2 Å². The van der Waals surface area contributed by atoms with Crippen LogP contribution < -0.4 is 16.4 Å². The molecule has 112 valence electrons. The highest BCUT2D eigenvalue weighted by atomic mass is 15.1. The lowest BCUT2D eigenvalue weighted by Crippen LogP contribution is -2.11. The molecule has 0 spiro atoms. The van der Waals surface area contributed by atoms with Gasteiger partial charge < -0.3 is 16.4 Å². The summed E-state index contributed by atoms with van der Waals surface area (Å²) in [7, 11) is 0. The number of rotatable bonds is 6. The minimum Gasteiger partial charge on any atom is -0.385 e. The minimum absolute atomic E-state index is 0.510. The van der Waals surface area contributed by atoms with Crippen LogP contribution >= 0.6 is 0 Å². The molecule has 0 aliphatic rings. The van der Waals surface area contributed by atoms with Gasteiger partial charge in [-0.25, -0.2) is 4.98 Å². The fourth-order valence-corrected chi connectivity index (χ4v) is 2.26. The van der Waals surface area contributed by atoms with Crippen LogP contribution in [0.2, 0.25) is 0 Å². The summed E-state index contributed by atoms with van der Waals surface area (Å²) in [6.07, 6.45) is 0.963. The molecule has 1 aromatic heterocycles. The van der Waals surface area contributed by atoms with Crippen LogP contribution in [0, 0.1) is 0 Å². The van der Waals surface area contributed by atoms with Gasteiger partial charge in [-0.2, -0.15) is 4.98 Å². The molecule has 0 aliphatic heterocycles. The molecule has 0 unspecified atom stereocenters. The second-order valence-corrected chi connectivity index (χ2v) is 5.02. The van der Waals surface area contributed by atoms with Crippen LogP contribution in [0.1, 0.15) is 6.42 Å². The van der Waals surface area contributed by atoms with Crippen molar-refractivity contribution in [2.45, 2.75) is 6.42 Å². The Balaban J connectivity index is 1.51. The SMILES string of the molecule is Nc1nc(NCCCNc2ccccc2)nc2ccccc12. The average Bonchev–Trinajstić information content (AvgIpc) is 2.56. The third-order valence-electron chi connectivity index (χ3n) is 3.37. The summed E-state index contributed by atoms with van der Waals surface area (Å²) in [6.45, 7) is 1.68. The Kier molecular flexibility index (Phi) is 4.34. The van der Waals surface area contributed by atoms with Crippen molar-refractivity contribution < 1.29 is 0 Å². The van der Waals surface area contributed by atoms with Crippen LogP contribution in [-0.4, -0.2) is 23.1 Å². The molecule has 4 N–H and O–H groups in total. The molecule has 5 nitrogen and oxygen atoms in total. The number of benzene rings is 2. The number of para-hydroxylation sites is 2. The second kappa shape index (κ2) is 6.76. The van der Waals surface area contributed by atoms with Gasteiger partial charge in [-0.05, 0) is 30.7 Å². The quantitative estimate of drug-likeness (QED) is 0.609. The Bertz CT molecular complexity index is 742. The van der Waals surface area contributed by atoms with Crippen molar-refractivity contribution in [3.05, 3.63) is 54.6 Å². The first-order valence-electron chi connectivity index (χ1n) is 7.38. The molecule has 3 aromatic rings. The van der Waals surface area contributed by atoms with E-state index in [1.807, 2.05) is 42.5 Å². The largest absolute Gasteiger partial charge is 0.385 e. The van der Waals surface area contributed by atoms with Gasteiger partial charge in [-0.3, -0.25) is 0 Å². The van der Waals surface area contributed by atoms with E-state index in [2.05, 4.69) is 32.7 Å². The van der Waals surface area contributed by atoms with E-state index in [4.69, 9.17) is 5.73 Å². The normalized spacial score (nSPS) is 10.5. The lowest BCUT2D eigenvalue weighted by molar-refractivity contribution is 0.898. The number of hydrogen-bond donors (Lipinski definition) is 3. The Morgan fingerprint density at radius 2 is 1.55 bits per heavy atom. The van der Waals surface area contributed by atoms with E-state index in [0.29, 0.717) is 11.8 Å². The van der Waals surface area contributed by atoms with Crippen LogP contribution in [0.5, 0.6) is 0 Å². The van der Waals surface area contributed by atoms with E-state index in [0.717, 1.165) is 36.1 Å². The van der Waals surface area contributed by atoms with Crippen molar-refractivity contribution in [1.29, 1.82) is 0 Å². The van der Waals surface area contributed by atoms with Gasteiger partial charge >= 0.3 is 0 Å². The van der Waals surface area contributed by atoms with Crippen LogP contribution in [0.4, 0.5) is 17.5 Å². The number of nitrogens with one attached hydrogen (secondary N) is 2. The number of nitrogens with two attached hydrogens (primary N) is 1. The molecule has 0 saturated heterocycles. The molecule has 0 saturated carbocycles. The monoisotopic (exact) mass is 293 g/mol. The molecule has 0 radical (unpaired) electrons. The summed E-state index contributed by atoms with van der Waals surface area (Å²) in [6, 6.07) is 17.9. The number of anilines is 3. The standard InChI is InChI=1S/C17H19N5/c18-16-14-9-4-5-10-15(14)21-17(22-16)20-12-6-11-19-13-7-2-1-3-8-13/h1-5,7-10,19H,6,11-12H2,(H3,18,20,21,22). The molecule has 0 fully saturated rings. The third-order valence-corrected chi connectivity index (χ3v) is 3.37. The van der Waals surface area contributed by atoms with E-state index in [1.165, 1.54) is 0 Å². The zero-order valence-electron chi connectivity index (χ0n) is 12.3. The first-order chi connectivity index (χ1) is 10.8. The first-order valence-corrected chi connectivity index (χ1v) is 7.38. The maximum absolute atomic E-state index is 5.96. The summed E-state index contributed by atoms with van der Waals surface area (Å²) in [5, 5.41) is 7.48. The molecule has 3 rings (SSSR count). The van der Waals surface area contributed by atoms with Crippen LogP contribution in [0.3, 0.4) is 0 Å². The van der Waals surface area contributed by atoms with E-state index >= 15 is 0 Å². The van der Waals surface area contributed by atoms with Gasteiger partial charge in [-0.1, -0.05) is 30.3 Å². The maximum atomic E-state index is 5.96. The van der Waals surface area contributed by atoms with Crippen molar-refractivity contribution in [3.8, 4) is 0 Å². The fourth-order valence-electron chi connectivity index (χ4n) is 2.26. The summed E-state index contributed by atoms with van der Waals surface area (Å²) >= 11 is 0. The Morgan fingerprint density at radius 3 is 2.41 bits per heavy atom. The van der Waals surface area contributed by atoms with E-state index in [9.17, 15) is 0 Å². The van der Waals surface area contributed by atoms with Crippen molar-refractivity contribution in [3.63, 3.8) is 0 Å². The minimum atomic E-state index is 0.510. The summed E-state index contributed by atoms with van der Waals surface area (Å²) in [5.41, 5.74) is 7.95. The summed E-state index contributed by atoms with van der Waals surface area (Å²) in [5.74, 6) is 1.09. The number of fused-ring (bicyclic) bond motifs is 1. The summed E-state index contributed by atoms with van der Waals surface area (Å²) < 4.78 is 0. The number of nitrogen functional groups attached to an aromatic ring is 1. The molecule has 0 atom stereocenters.